The minimum absolute atomic E-state index is 0.127. The molecule has 0 aliphatic carbocycles. The van der Waals surface area contributed by atoms with Gasteiger partial charge in [-0.1, -0.05) is 0 Å². The first-order valence-corrected chi connectivity index (χ1v) is 8.04. The fourth-order valence-corrected chi connectivity index (χ4v) is 2.90. The van der Waals surface area contributed by atoms with Crippen molar-refractivity contribution in [3.63, 3.8) is 0 Å². The molecule has 3 rings (SSSR count). The van der Waals surface area contributed by atoms with Crippen molar-refractivity contribution >= 4 is 16.9 Å². The normalized spacial score (nSPS) is 12.5. The SMILES string of the molecule is CCn1cc([C@H](C)NC(=O)c2cc(C)nc3c2cnn3C)c(C)n1. The molecule has 1 amide bonds. The van der Waals surface area contributed by atoms with E-state index in [9.17, 15) is 4.79 Å². The topological polar surface area (TPSA) is 77.6 Å². The van der Waals surface area contributed by atoms with Gasteiger partial charge in [-0.3, -0.25) is 14.2 Å². The number of nitrogens with one attached hydrogen (secondary N) is 1. The summed E-state index contributed by atoms with van der Waals surface area (Å²) < 4.78 is 3.56. The molecule has 126 valence electrons. The van der Waals surface area contributed by atoms with E-state index in [1.807, 2.05) is 45.6 Å². The summed E-state index contributed by atoms with van der Waals surface area (Å²) >= 11 is 0. The smallest absolute Gasteiger partial charge is 0.252 e. The minimum Gasteiger partial charge on any atom is -0.345 e. The summed E-state index contributed by atoms with van der Waals surface area (Å²) in [6, 6.07) is 1.67. The van der Waals surface area contributed by atoms with E-state index in [0.29, 0.717) is 11.2 Å². The molecule has 0 unspecified atom stereocenters. The molecule has 1 N–H and O–H groups in total. The Morgan fingerprint density at radius 1 is 1.38 bits per heavy atom. The van der Waals surface area contributed by atoms with E-state index < -0.39 is 0 Å². The van der Waals surface area contributed by atoms with Gasteiger partial charge in [0.1, 0.15) is 0 Å². The minimum atomic E-state index is -0.130. The molecule has 0 aliphatic rings. The van der Waals surface area contributed by atoms with Crippen molar-refractivity contribution in [3.05, 3.63) is 41.0 Å². The number of aromatic nitrogens is 5. The maximum Gasteiger partial charge on any atom is 0.252 e. The molecule has 0 bridgehead atoms. The van der Waals surface area contributed by atoms with Gasteiger partial charge >= 0.3 is 0 Å². The molecule has 0 aliphatic heterocycles. The lowest BCUT2D eigenvalue weighted by Gasteiger charge is -2.14. The van der Waals surface area contributed by atoms with Crippen LogP contribution in [0.15, 0.2) is 18.5 Å². The summed E-state index contributed by atoms with van der Waals surface area (Å²) in [5.74, 6) is -0.130. The molecule has 1 atom stereocenters. The van der Waals surface area contributed by atoms with Crippen molar-refractivity contribution in [3.8, 4) is 0 Å². The van der Waals surface area contributed by atoms with Gasteiger partial charge in [-0.05, 0) is 33.8 Å². The van der Waals surface area contributed by atoms with Gasteiger partial charge in [-0.2, -0.15) is 10.2 Å². The number of pyridine rings is 1. The number of aryl methyl sites for hydroxylation is 4. The number of fused-ring (bicyclic) bond motifs is 1. The Labute approximate surface area is 140 Å². The molecule has 3 aromatic heterocycles. The summed E-state index contributed by atoms with van der Waals surface area (Å²) in [5, 5.41) is 12.5. The number of rotatable bonds is 4. The zero-order valence-corrected chi connectivity index (χ0v) is 14.7. The van der Waals surface area contributed by atoms with Gasteiger partial charge in [0.25, 0.3) is 5.91 Å². The molecule has 0 saturated heterocycles. The summed E-state index contributed by atoms with van der Waals surface area (Å²) in [7, 11) is 1.82. The summed E-state index contributed by atoms with van der Waals surface area (Å²) in [4.78, 5) is 17.2. The van der Waals surface area contributed by atoms with Gasteiger partial charge in [-0.15, -0.1) is 0 Å². The van der Waals surface area contributed by atoms with E-state index in [0.717, 1.165) is 28.9 Å². The van der Waals surface area contributed by atoms with Crippen LogP contribution in [0, 0.1) is 13.8 Å². The van der Waals surface area contributed by atoms with E-state index in [-0.39, 0.29) is 11.9 Å². The van der Waals surface area contributed by atoms with E-state index in [2.05, 4.69) is 20.5 Å². The van der Waals surface area contributed by atoms with Crippen molar-refractivity contribution < 1.29 is 4.79 Å². The van der Waals surface area contributed by atoms with Gasteiger partial charge in [0, 0.05) is 31.0 Å². The van der Waals surface area contributed by atoms with Gasteiger partial charge in [0.15, 0.2) is 5.65 Å². The Hall–Kier alpha value is -2.70. The molecule has 3 aromatic rings. The summed E-state index contributed by atoms with van der Waals surface area (Å²) in [6.45, 7) is 8.65. The number of carbonyl (C=O) groups excluding carboxylic acids is 1. The molecule has 7 heteroatoms. The fourth-order valence-electron chi connectivity index (χ4n) is 2.90. The largest absolute Gasteiger partial charge is 0.345 e. The van der Waals surface area contributed by atoms with Crippen molar-refractivity contribution in [2.24, 2.45) is 7.05 Å². The fraction of sp³-hybridized carbons (Fsp3) is 0.412. The molecule has 3 heterocycles. The van der Waals surface area contributed by atoms with Crippen molar-refractivity contribution in [1.82, 2.24) is 29.9 Å². The maximum atomic E-state index is 12.8. The van der Waals surface area contributed by atoms with Gasteiger partial charge in [-0.25, -0.2) is 4.98 Å². The highest BCUT2D eigenvalue weighted by atomic mass is 16.1. The predicted octanol–water partition coefficient (Wildman–Crippen LogP) is 2.29. The third-order valence-electron chi connectivity index (χ3n) is 4.20. The second-order valence-electron chi connectivity index (χ2n) is 6.04. The van der Waals surface area contributed by atoms with Crippen molar-refractivity contribution in [2.45, 2.75) is 40.3 Å². The van der Waals surface area contributed by atoms with Crippen LogP contribution in [-0.2, 0) is 13.6 Å². The van der Waals surface area contributed by atoms with Crippen LogP contribution in [0.25, 0.3) is 11.0 Å². The highest BCUT2D eigenvalue weighted by Crippen LogP contribution is 2.20. The highest BCUT2D eigenvalue weighted by molar-refractivity contribution is 6.05. The van der Waals surface area contributed by atoms with Crippen LogP contribution in [0.5, 0.6) is 0 Å². The lowest BCUT2D eigenvalue weighted by Crippen LogP contribution is -2.27. The van der Waals surface area contributed by atoms with Crippen LogP contribution >= 0.6 is 0 Å². The second kappa shape index (κ2) is 6.07. The summed E-state index contributed by atoms with van der Waals surface area (Å²) in [6.07, 6.45) is 3.67. The standard InChI is InChI=1S/C17H22N6O/c1-6-23-9-15(12(4)21-23)11(3)20-17(24)13-7-10(2)19-16-14(13)8-18-22(16)5/h7-9,11H,6H2,1-5H3,(H,20,24)/t11-/m0/s1. The lowest BCUT2D eigenvalue weighted by molar-refractivity contribution is 0.0941. The van der Waals surface area contributed by atoms with Gasteiger partial charge in [0.05, 0.1) is 28.9 Å². The van der Waals surface area contributed by atoms with Crippen molar-refractivity contribution in [2.75, 3.05) is 0 Å². The van der Waals surface area contributed by atoms with E-state index in [4.69, 9.17) is 0 Å². The Balaban J connectivity index is 1.91. The third kappa shape index (κ3) is 2.77. The third-order valence-corrected chi connectivity index (χ3v) is 4.20. The van der Waals surface area contributed by atoms with E-state index in [1.165, 1.54) is 0 Å². The predicted molar refractivity (Wildman–Crippen MR) is 91.8 cm³/mol. The van der Waals surface area contributed by atoms with Crippen LogP contribution in [-0.4, -0.2) is 30.5 Å². The maximum absolute atomic E-state index is 12.8. The Bertz CT molecular complexity index is 907. The molecular formula is C17H22N6O. The summed E-state index contributed by atoms with van der Waals surface area (Å²) in [5.41, 5.74) is 4.06. The van der Waals surface area contributed by atoms with Gasteiger partial charge < -0.3 is 5.32 Å². The molecular weight excluding hydrogens is 304 g/mol. The van der Waals surface area contributed by atoms with E-state index >= 15 is 0 Å². The number of amides is 1. The first-order valence-electron chi connectivity index (χ1n) is 8.04. The molecule has 0 fully saturated rings. The van der Waals surface area contributed by atoms with Crippen LogP contribution in [0.2, 0.25) is 0 Å². The Morgan fingerprint density at radius 3 is 2.79 bits per heavy atom. The molecule has 24 heavy (non-hydrogen) atoms. The van der Waals surface area contributed by atoms with Gasteiger partial charge in [0.2, 0.25) is 0 Å². The number of nitrogens with zero attached hydrogens (tertiary/aromatic N) is 5. The first kappa shape index (κ1) is 16.2. The zero-order chi connectivity index (χ0) is 17.4. The van der Waals surface area contributed by atoms with Crippen LogP contribution < -0.4 is 5.32 Å². The number of hydrogen-bond donors (Lipinski definition) is 1. The molecule has 0 radical (unpaired) electrons. The van der Waals surface area contributed by atoms with Crippen LogP contribution in [0.4, 0.5) is 0 Å². The van der Waals surface area contributed by atoms with Crippen LogP contribution in [0.1, 0.15) is 47.2 Å². The quantitative estimate of drug-likeness (QED) is 0.798. The first-order chi connectivity index (χ1) is 11.4. The molecule has 7 nitrogen and oxygen atoms in total. The lowest BCUT2D eigenvalue weighted by atomic mass is 10.1. The number of hydrogen-bond acceptors (Lipinski definition) is 4. The molecule has 0 aromatic carbocycles. The zero-order valence-electron chi connectivity index (χ0n) is 14.7. The average molecular weight is 326 g/mol. The number of carbonyl (C=O) groups is 1. The second-order valence-corrected chi connectivity index (χ2v) is 6.04. The Kier molecular flexibility index (Phi) is 4.09. The molecule has 0 spiro atoms. The van der Waals surface area contributed by atoms with E-state index in [1.54, 1.807) is 16.9 Å². The highest BCUT2D eigenvalue weighted by Gasteiger charge is 2.19. The monoisotopic (exact) mass is 326 g/mol. The van der Waals surface area contributed by atoms with Crippen LogP contribution in [0.3, 0.4) is 0 Å². The van der Waals surface area contributed by atoms with Crippen molar-refractivity contribution in [1.29, 1.82) is 0 Å². The Morgan fingerprint density at radius 2 is 2.12 bits per heavy atom. The molecule has 0 saturated carbocycles. The average Bonchev–Trinajstić information content (AvgIpc) is 3.10.